The highest BCUT2D eigenvalue weighted by atomic mass is 16.1. The number of rotatable bonds is 3. The van der Waals surface area contributed by atoms with Crippen LogP contribution in [0.4, 0.5) is 5.69 Å². The van der Waals surface area contributed by atoms with Crippen molar-refractivity contribution in [2.24, 2.45) is 0 Å². The van der Waals surface area contributed by atoms with Crippen LogP contribution in [0, 0.1) is 0 Å². The normalized spacial score (nSPS) is 10.5. The van der Waals surface area contributed by atoms with E-state index in [-0.39, 0.29) is 5.91 Å². The van der Waals surface area contributed by atoms with Crippen molar-refractivity contribution in [3.05, 3.63) is 48.6 Å². The Morgan fingerprint density at radius 1 is 1.23 bits per heavy atom. The highest BCUT2D eigenvalue weighted by Crippen LogP contribution is 2.25. The Bertz CT molecular complexity index is 862. The van der Waals surface area contributed by atoms with Gasteiger partial charge in [-0.25, -0.2) is 15.0 Å². The minimum atomic E-state index is -0.147. The van der Waals surface area contributed by atoms with Crippen LogP contribution in [0.25, 0.3) is 22.4 Å². The van der Waals surface area contributed by atoms with Crippen molar-refractivity contribution < 1.29 is 4.79 Å². The first kappa shape index (κ1) is 13.9. The molecule has 110 valence electrons. The van der Waals surface area contributed by atoms with Gasteiger partial charge >= 0.3 is 0 Å². The summed E-state index contributed by atoms with van der Waals surface area (Å²) in [6.07, 6.45) is 4.63. The van der Waals surface area contributed by atoms with E-state index in [9.17, 15) is 4.79 Å². The molecule has 0 bridgehead atoms. The second-order valence-corrected chi connectivity index (χ2v) is 5.12. The van der Waals surface area contributed by atoms with Crippen molar-refractivity contribution in [3.8, 4) is 11.3 Å². The van der Waals surface area contributed by atoms with Crippen molar-refractivity contribution in [2.75, 3.05) is 5.32 Å². The molecule has 0 saturated carbocycles. The van der Waals surface area contributed by atoms with E-state index in [1.165, 1.54) is 6.33 Å². The Morgan fingerprint density at radius 2 is 2.09 bits per heavy atom. The average molecular weight is 293 g/mol. The summed E-state index contributed by atoms with van der Waals surface area (Å²) in [4.78, 5) is 27.4. The van der Waals surface area contributed by atoms with E-state index in [2.05, 4.69) is 25.3 Å². The van der Waals surface area contributed by atoms with Crippen LogP contribution in [0.2, 0.25) is 0 Å². The molecule has 0 aliphatic carbocycles. The number of anilines is 1. The number of H-pyrrole nitrogens is 1. The van der Waals surface area contributed by atoms with E-state index >= 15 is 0 Å². The predicted octanol–water partition coefficient (Wildman–Crippen LogP) is 2.92. The number of carbonyl (C=O) groups is 1. The first-order chi connectivity index (χ1) is 10.6. The topological polar surface area (TPSA) is 83.6 Å². The molecule has 0 aliphatic heterocycles. The Balaban J connectivity index is 1.96. The lowest BCUT2D eigenvalue weighted by Gasteiger charge is -2.06. The second kappa shape index (κ2) is 5.77. The molecule has 0 spiro atoms. The molecule has 1 amide bonds. The van der Waals surface area contributed by atoms with Crippen LogP contribution >= 0.6 is 0 Å². The fraction of sp³-hybridized carbons (Fsp3) is 0.125. The van der Waals surface area contributed by atoms with E-state index in [0.717, 1.165) is 22.3 Å². The minimum absolute atomic E-state index is 0.147. The number of hydrogen-bond acceptors (Lipinski definition) is 4. The maximum Gasteiger partial charge on any atom is 0.248 e. The van der Waals surface area contributed by atoms with Gasteiger partial charge in [-0.05, 0) is 26.0 Å². The molecule has 0 unspecified atom stereocenters. The number of nitrogens with zero attached hydrogens (tertiary/aromatic N) is 3. The quantitative estimate of drug-likeness (QED) is 0.727. The summed E-state index contributed by atoms with van der Waals surface area (Å²) in [7, 11) is 0. The van der Waals surface area contributed by atoms with Gasteiger partial charge in [-0.2, -0.15) is 0 Å². The first-order valence-corrected chi connectivity index (χ1v) is 6.84. The van der Waals surface area contributed by atoms with Crippen LogP contribution < -0.4 is 5.32 Å². The minimum Gasteiger partial charge on any atom is -0.341 e. The number of hydrogen-bond donors (Lipinski definition) is 2. The summed E-state index contributed by atoms with van der Waals surface area (Å²) in [6.45, 7) is 3.76. The van der Waals surface area contributed by atoms with Gasteiger partial charge in [-0.1, -0.05) is 17.7 Å². The highest BCUT2D eigenvalue weighted by molar-refractivity contribution is 6.00. The van der Waals surface area contributed by atoms with Gasteiger partial charge in [0.2, 0.25) is 5.91 Å². The SMILES string of the molecule is CC(C)=CC(=O)Nc1cccc(-c2ncnc3nc[nH]c23)c1. The molecule has 2 heterocycles. The molecule has 2 N–H and O–H groups in total. The maximum atomic E-state index is 11.8. The van der Waals surface area contributed by atoms with Crippen LogP contribution in [-0.4, -0.2) is 25.8 Å². The van der Waals surface area contributed by atoms with Gasteiger partial charge in [-0.3, -0.25) is 4.79 Å². The molecule has 0 aliphatic rings. The summed E-state index contributed by atoms with van der Waals surface area (Å²) in [5.41, 5.74) is 4.68. The molecule has 6 nitrogen and oxygen atoms in total. The lowest BCUT2D eigenvalue weighted by molar-refractivity contribution is -0.111. The number of amides is 1. The number of benzene rings is 1. The molecular weight excluding hydrogens is 278 g/mol. The van der Waals surface area contributed by atoms with Crippen molar-refractivity contribution >= 4 is 22.8 Å². The van der Waals surface area contributed by atoms with Crippen molar-refractivity contribution in [1.29, 1.82) is 0 Å². The van der Waals surface area contributed by atoms with Gasteiger partial charge < -0.3 is 10.3 Å². The number of carbonyl (C=O) groups excluding carboxylic acids is 1. The molecular formula is C16H15N5O. The maximum absolute atomic E-state index is 11.8. The number of fused-ring (bicyclic) bond motifs is 1. The predicted molar refractivity (Wildman–Crippen MR) is 85.2 cm³/mol. The van der Waals surface area contributed by atoms with E-state index in [0.29, 0.717) is 11.3 Å². The first-order valence-electron chi connectivity index (χ1n) is 6.84. The van der Waals surface area contributed by atoms with Crippen LogP contribution in [0.15, 0.2) is 48.6 Å². The Labute approximate surface area is 127 Å². The zero-order chi connectivity index (χ0) is 15.5. The summed E-state index contributed by atoms with van der Waals surface area (Å²) in [5, 5.41) is 2.84. The second-order valence-electron chi connectivity index (χ2n) is 5.12. The van der Waals surface area contributed by atoms with E-state index in [1.54, 1.807) is 12.4 Å². The average Bonchev–Trinajstić information content (AvgIpc) is 2.94. The third-order valence-corrected chi connectivity index (χ3v) is 3.05. The lowest BCUT2D eigenvalue weighted by Crippen LogP contribution is -2.08. The molecule has 0 atom stereocenters. The number of aromatic nitrogens is 4. The fourth-order valence-corrected chi connectivity index (χ4v) is 2.17. The van der Waals surface area contributed by atoms with E-state index < -0.39 is 0 Å². The van der Waals surface area contributed by atoms with Crippen LogP contribution in [0.3, 0.4) is 0 Å². The van der Waals surface area contributed by atoms with Gasteiger partial charge in [0.25, 0.3) is 0 Å². The Hall–Kier alpha value is -3.02. The fourth-order valence-electron chi connectivity index (χ4n) is 2.17. The zero-order valence-corrected chi connectivity index (χ0v) is 12.3. The molecule has 0 fully saturated rings. The smallest absolute Gasteiger partial charge is 0.248 e. The van der Waals surface area contributed by atoms with Crippen molar-refractivity contribution in [1.82, 2.24) is 19.9 Å². The zero-order valence-electron chi connectivity index (χ0n) is 12.3. The molecule has 3 aromatic rings. The molecule has 0 saturated heterocycles. The van der Waals surface area contributed by atoms with Gasteiger partial charge in [0, 0.05) is 17.3 Å². The van der Waals surface area contributed by atoms with Crippen LogP contribution in [0.1, 0.15) is 13.8 Å². The number of imidazole rings is 1. The largest absolute Gasteiger partial charge is 0.341 e. The molecule has 6 heteroatoms. The summed E-state index contributed by atoms with van der Waals surface area (Å²) in [5.74, 6) is -0.147. The molecule has 22 heavy (non-hydrogen) atoms. The Morgan fingerprint density at radius 3 is 2.91 bits per heavy atom. The van der Waals surface area contributed by atoms with Gasteiger partial charge in [0.1, 0.15) is 11.8 Å². The van der Waals surface area contributed by atoms with E-state index in [4.69, 9.17) is 0 Å². The van der Waals surface area contributed by atoms with Crippen molar-refractivity contribution in [2.45, 2.75) is 13.8 Å². The summed E-state index contributed by atoms with van der Waals surface area (Å²) >= 11 is 0. The van der Waals surface area contributed by atoms with E-state index in [1.807, 2.05) is 38.1 Å². The number of aromatic amines is 1. The van der Waals surface area contributed by atoms with Crippen LogP contribution in [-0.2, 0) is 4.79 Å². The molecule has 0 radical (unpaired) electrons. The van der Waals surface area contributed by atoms with Gasteiger partial charge in [-0.15, -0.1) is 0 Å². The van der Waals surface area contributed by atoms with Crippen LogP contribution in [0.5, 0.6) is 0 Å². The van der Waals surface area contributed by atoms with Gasteiger partial charge in [0.05, 0.1) is 12.0 Å². The van der Waals surface area contributed by atoms with Gasteiger partial charge in [0.15, 0.2) is 5.65 Å². The summed E-state index contributed by atoms with van der Waals surface area (Å²) in [6, 6.07) is 7.52. The number of allylic oxidation sites excluding steroid dienone is 1. The monoisotopic (exact) mass is 293 g/mol. The van der Waals surface area contributed by atoms with Crippen molar-refractivity contribution in [3.63, 3.8) is 0 Å². The number of nitrogens with one attached hydrogen (secondary N) is 2. The summed E-state index contributed by atoms with van der Waals surface area (Å²) < 4.78 is 0. The highest BCUT2D eigenvalue weighted by Gasteiger charge is 2.09. The molecule has 2 aromatic heterocycles. The third-order valence-electron chi connectivity index (χ3n) is 3.05. The molecule has 3 rings (SSSR count). The standard InChI is InChI=1S/C16H15N5O/c1-10(2)6-13(22)21-12-5-3-4-11(7-12)14-15-16(19-8-17-14)20-9-18-15/h3-9H,1-2H3,(H,21,22)(H,17,18,19,20). The third kappa shape index (κ3) is 2.85. The Kier molecular flexibility index (Phi) is 3.65. The molecule has 1 aromatic carbocycles. The lowest BCUT2D eigenvalue weighted by atomic mass is 10.1.